The van der Waals surface area contributed by atoms with Gasteiger partial charge in [0.1, 0.15) is 6.33 Å². The first-order chi connectivity index (χ1) is 10.2. The van der Waals surface area contributed by atoms with Gasteiger partial charge in [0, 0.05) is 13.1 Å². The first kappa shape index (κ1) is 13.8. The minimum atomic E-state index is -0.254. The van der Waals surface area contributed by atoms with Crippen molar-refractivity contribution in [2.75, 3.05) is 18.0 Å². The van der Waals surface area contributed by atoms with Crippen LogP contribution in [0.1, 0.15) is 30.9 Å². The molecule has 2 heterocycles. The number of nitrogens with zero attached hydrogens (tertiary/aromatic N) is 4. The van der Waals surface area contributed by atoms with Crippen molar-refractivity contribution < 1.29 is 0 Å². The summed E-state index contributed by atoms with van der Waals surface area (Å²) in [6, 6.07) is 6.07. The fourth-order valence-corrected chi connectivity index (χ4v) is 2.90. The second-order valence-electron chi connectivity index (χ2n) is 5.44. The quantitative estimate of drug-likeness (QED) is 0.866. The van der Waals surface area contributed by atoms with Gasteiger partial charge in [-0.15, -0.1) is 0 Å². The molecule has 0 atom stereocenters. The van der Waals surface area contributed by atoms with Crippen molar-refractivity contribution in [3.63, 3.8) is 0 Å². The number of anilines is 1. The second-order valence-corrected chi connectivity index (χ2v) is 5.44. The molecule has 0 amide bonds. The van der Waals surface area contributed by atoms with E-state index in [1.165, 1.54) is 0 Å². The summed E-state index contributed by atoms with van der Waals surface area (Å²) in [5, 5.41) is 0. The number of aryl methyl sites for hydroxylation is 2. The zero-order valence-corrected chi connectivity index (χ0v) is 12.5. The zero-order chi connectivity index (χ0) is 14.8. The summed E-state index contributed by atoms with van der Waals surface area (Å²) in [4.78, 5) is 23.0. The summed E-state index contributed by atoms with van der Waals surface area (Å²) >= 11 is 0. The van der Waals surface area contributed by atoms with Gasteiger partial charge < -0.3 is 4.90 Å². The predicted molar refractivity (Wildman–Crippen MR) is 83.2 cm³/mol. The molecular formula is C16H20N4O. The maximum absolute atomic E-state index is 12.4. The highest BCUT2D eigenvalue weighted by Crippen LogP contribution is 2.19. The lowest BCUT2D eigenvalue weighted by Gasteiger charge is -2.16. The van der Waals surface area contributed by atoms with Crippen molar-refractivity contribution in [2.24, 2.45) is 0 Å². The average Bonchev–Trinajstić information content (AvgIpc) is 3.01. The van der Waals surface area contributed by atoms with Crippen molar-refractivity contribution in [3.8, 4) is 5.69 Å². The molecule has 0 unspecified atom stereocenters. The Morgan fingerprint density at radius 2 is 2.00 bits per heavy atom. The van der Waals surface area contributed by atoms with Crippen molar-refractivity contribution in [3.05, 3.63) is 46.1 Å². The lowest BCUT2D eigenvalue weighted by Crippen LogP contribution is -2.29. The van der Waals surface area contributed by atoms with Gasteiger partial charge in [0.05, 0.1) is 5.69 Å². The van der Waals surface area contributed by atoms with Gasteiger partial charge in [0.25, 0.3) is 0 Å². The lowest BCUT2D eigenvalue weighted by molar-refractivity contribution is 0.800. The maximum atomic E-state index is 12.4. The molecule has 110 valence electrons. The van der Waals surface area contributed by atoms with E-state index in [0.717, 1.165) is 49.2 Å². The molecule has 5 heteroatoms. The lowest BCUT2D eigenvalue weighted by atomic mass is 10.1. The molecule has 1 fully saturated rings. The predicted octanol–water partition coefficient (Wildman–Crippen LogP) is 2.10. The fourth-order valence-electron chi connectivity index (χ4n) is 2.90. The van der Waals surface area contributed by atoms with Gasteiger partial charge in [0.15, 0.2) is 0 Å². The van der Waals surface area contributed by atoms with Crippen LogP contribution in [-0.4, -0.2) is 27.6 Å². The summed E-state index contributed by atoms with van der Waals surface area (Å²) < 4.78 is 1.56. The molecule has 0 bridgehead atoms. The summed E-state index contributed by atoms with van der Waals surface area (Å²) in [5.74, 6) is 0.556. The van der Waals surface area contributed by atoms with E-state index >= 15 is 0 Å². The highest BCUT2D eigenvalue weighted by Gasteiger charge is 2.17. The van der Waals surface area contributed by atoms with Gasteiger partial charge in [0.2, 0.25) is 5.95 Å². The smallest absolute Gasteiger partial charge is 0.341 e. The van der Waals surface area contributed by atoms with Crippen LogP contribution >= 0.6 is 0 Å². The third kappa shape index (κ3) is 2.55. The Labute approximate surface area is 124 Å². The van der Waals surface area contributed by atoms with Gasteiger partial charge in [-0.05, 0) is 37.3 Å². The number of benzene rings is 1. The highest BCUT2D eigenvalue weighted by atomic mass is 16.1. The Kier molecular flexibility index (Phi) is 3.73. The summed E-state index contributed by atoms with van der Waals surface area (Å²) in [7, 11) is 0. The Bertz CT molecular complexity index is 702. The van der Waals surface area contributed by atoms with Crippen LogP contribution in [0, 0.1) is 6.92 Å². The molecule has 0 saturated carbocycles. The van der Waals surface area contributed by atoms with Crippen molar-refractivity contribution in [1.82, 2.24) is 14.5 Å². The van der Waals surface area contributed by atoms with E-state index in [4.69, 9.17) is 0 Å². The van der Waals surface area contributed by atoms with E-state index in [1.807, 2.05) is 25.1 Å². The first-order valence-corrected chi connectivity index (χ1v) is 7.50. The topological polar surface area (TPSA) is 51.0 Å². The molecule has 1 aliphatic heterocycles. The van der Waals surface area contributed by atoms with E-state index in [9.17, 15) is 4.79 Å². The Morgan fingerprint density at radius 1 is 1.24 bits per heavy atom. The molecule has 21 heavy (non-hydrogen) atoms. The molecule has 5 nitrogen and oxygen atoms in total. The Hall–Kier alpha value is -2.17. The van der Waals surface area contributed by atoms with Crippen LogP contribution in [0.4, 0.5) is 5.95 Å². The molecule has 2 aromatic rings. The first-order valence-electron chi connectivity index (χ1n) is 7.50. The molecule has 1 aromatic carbocycles. The van der Waals surface area contributed by atoms with Crippen LogP contribution < -0.4 is 10.6 Å². The number of hydrogen-bond donors (Lipinski definition) is 0. The SMILES string of the molecule is CCc1cccc(C)c1-n1cnc(N2CCCC2)nc1=O. The monoisotopic (exact) mass is 284 g/mol. The fraction of sp³-hybridized carbons (Fsp3) is 0.438. The molecule has 1 saturated heterocycles. The Morgan fingerprint density at radius 3 is 2.67 bits per heavy atom. The highest BCUT2D eigenvalue weighted by molar-refractivity contribution is 5.47. The van der Waals surface area contributed by atoms with Crippen LogP contribution in [-0.2, 0) is 6.42 Å². The van der Waals surface area contributed by atoms with Crippen LogP contribution in [0.2, 0.25) is 0 Å². The second kappa shape index (κ2) is 5.68. The van der Waals surface area contributed by atoms with Gasteiger partial charge in [-0.1, -0.05) is 25.1 Å². The third-order valence-corrected chi connectivity index (χ3v) is 4.02. The molecule has 0 spiro atoms. The maximum Gasteiger partial charge on any atom is 0.356 e. The normalized spacial score (nSPS) is 14.7. The average molecular weight is 284 g/mol. The molecular weight excluding hydrogens is 264 g/mol. The van der Waals surface area contributed by atoms with Gasteiger partial charge in [-0.2, -0.15) is 4.98 Å². The molecule has 1 aliphatic rings. The summed E-state index contributed by atoms with van der Waals surface area (Å²) in [6.07, 6.45) is 4.77. The van der Waals surface area contributed by atoms with Crippen molar-refractivity contribution in [2.45, 2.75) is 33.1 Å². The molecule has 0 aliphatic carbocycles. The zero-order valence-electron chi connectivity index (χ0n) is 12.5. The largest absolute Gasteiger partial charge is 0.356 e. The number of hydrogen-bond acceptors (Lipinski definition) is 4. The molecule has 1 aromatic heterocycles. The van der Waals surface area contributed by atoms with Crippen LogP contribution in [0.3, 0.4) is 0 Å². The number of aromatic nitrogens is 3. The molecule has 0 N–H and O–H groups in total. The minimum absolute atomic E-state index is 0.254. The number of para-hydroxylation sites is 1. The molecule has 3 rings (SSSR count). The van der Waals surface area contributed by atoms with E-state index in [1.54, 1.807) is 10.9 Å². The van der Waals surface area contributed by atoms with Crippen LogP contribution in [0.15, 0.2) is 29.3 Å². The van der Waals surface area contributed by atoms with E-state index in [2.05, 4.69) is 21.8 Å². The van der Waals surface area contributed by atoms with E-state index in [-0.39, 0.29) is 5.69 Å². The van der Waals surface area contributed by atoms with Crippen LogP contribution in [0.25, 0.3) is 5.69 Å². The van der Waals surface area contributed by atoms with Crippen LogP contribution in [0.5, 0.6) is 0 Å². The summed E-state index contributed by atoms with van der Waals surface area (Å²) in [5.41, 5.74) is 2.86. The van der Waals surface area contributed by atoms with Crippen molar-refractivity contribution in [1.29, 1.82) is 0 Å². The van der Waals surface area contributed by atoms with Gasteiger partial charge in [-0.3, -0.25) is 4.57 Å². The Balaban J connectivity index is 2.06. The molecule has 0 radical (unpaired) electrons. The van der Waals surface area contributed by atoms with E-state index in [0.29, 0.717) is 5.95 Å². The van der Waals surface area contributed by atoms with Gasteiger partial charge >= 0.3 is 5.69 Å². The third-order valence-electron chi connectivity index (χ3n) is 4.02. The standard InChI is InChI=1S/C16H20N4O/c1-3-13-8-6-7-12(2)14(13)20-11-17-15(18-16(20)21)19-9-4-5-10-19/h6-8,11H,3-5,9-10H2,1-2H3. The van der Waals surface area contributed by atoms with E-state index < -0.39 is 0 Å². The van der Waals surface area contributed by atoms with Crippen molar-refractivity contribution >= 4 is 5.95 Å². The minimum Gasteiger partial charge on any atom is -0.341 e. The van der Waals surface area contributed by atoms with Gasteiger partial charge in [-0.25, -0.2) is 9.78 Å². The summed E-state index contributed by atoms with van der Waals surface area (Å²) in [6.45, 7) is 5.97. The number of rotatable bonds is 3.